The van der Waals surface area contributed by atoms with E-state index in [1.807, 2.05) is 13.0 Å². The van der Waals surface area contributed by atoms with E-state index in [0.29, 0.717) is 0 Å². The topological polar surface area (TPSA) is 43.4 Å². The van der Waals surface area contributed by atoms with Gasteiger partial charge in [0.2, 0.25) is 0 Å². The summed E-state index contributed by atoms with van der Waals surface area (Å²) in [6.07, 6.45) is 7.00. The van der Waals surface area contributed by atoms with Gasteiger partial charge in [0.05, 0.1) is 0 Å². The zero-order valence-electron chi connectivity index (χ0n) is 8.82. The van der Waals surface area contributed by atoms with Crippen LogP contribution < -0.4 is 0 Å². The molecule has 0 aromatic rings. The molecule has 0 spiro atoms. The van der Waals surface area contributed by atoms with Crippen LogP contribution in [0.1, 0.15) is 27.2 Å². The number of carbonyl (C=O) groups is 2. The summed E-state index contributed by atoms with van der Waals surface area (Å²) in [6, 6.07) is 0. The van der Waals surface area contributed by atoms with Gasteiger partial charge in [0, 0.05) is 6.92 Å². The van der Waals surface area contributed by atoms with Crippen LogP contribution in [-0.2, 0) is 14.3 Å². The molecule has 0 aromatic carbocycles. The summed E-state index contributed by atoms with van der Waals surface area (Å²) in [5, 5.41) is 0. The summed E-state index contributed by atoms with van der Waals surface area (Å²) in [5.41, 5.74) is 0. The number of hydrogen-bond acceptors (Lipinski definition) is 3. The highest BCUT2D eigenvalue weighted by atomic mass is 16.5. The molecule has 0 radical (unpaired) electrons. The molecule has 0 saturated heterocycles. The van der Waals surface area contributed by atoms with Crippen LogP contribution in [0.15, 0.2) is 24.3 Å². The lowest BCUT2D eigenvalue weighted by Gasteiger charge is -2.06. The van der Waals surface area contributed by atoms with Gasteiger partial charge >= 0.3 is 5.97 Å². The Bertz CT molecular complexity index is 251. The van der Waals surface area contributed by atoms with Crippen molar-refractivity contribution < 1.29 is 14.3 Å². The summed E-state index contributed by atoms with van der Waals surface area (Å²) in [7, 11) is 0. The largest absolute Gasteiger partial charge is 0.454 e. The number of hydrogen-bond donors (Lipinski definition) is 0. The second-order valence-corrected chi connectivity index (χ2v) is 2.85. The lowest BCUT2D eigenvalue weighted by atomic mass is 10.2. The van der Waals surface area contributed by atoms with Gasteiger partial charge in [0.25, 0.3) is 0 Å². The van der Waals surface area contributed by atoms with E-state index in [2.05, 4.69) is 0 Å². The Morgan fingerprint density at radius 2 is 2.00 bits per heavy atom. The minimum absolute atomic E-state index is 0.207. The van der Waals surface area contributed by atoms with Crippen molar-refractivity contribution in [1.82, 2.24) is 0 Å². The smallest absolute Gasteiger partial charge is 0.303 e. The first kappa shape index (κ1) is 12.6. The van der Waals surface area contributed by atoms with Crippen LogP contribution in [0.2, 0.25) is 0 Å². The number of esters is 1. The SMILES string of the molecule is CC/C=C/C=C/C(=O)[C@H](C)OC(C)=O. The zero-order valence-corrected chi connectivity index (χ0v) is 8.82. The Balaban J connectivity index is 4.00. The first-order chi connectivity index (χ1) is 6.57. The predicted molar refractivity (Wildman–Crippen MR) is 54.8 cm³/mol. The van der Waals surface area contributed by atoms with Crippen LogP contribution in [0, 0.1) is 0 Å². The standard InChI is InChI=1S/C11H16O3/c1-4-5-6-7-8-11(13)9(2)14-10(3)12/h5-9H,4H2,1-3H3/b6-5+,8-7+/t9-/m0/s1. The molecular weight excluding hydrogens is 180 g/mol. The minimum Gasteiger partial charge on any atom is -0.454 e. The number of ketones is 1. The predicted octanol–water partition coefficient (Wildman–Crippen LogP) is 2.03. The Labute approximate surface area is 84.4 Å². The van der Waals surface area contributed by atoms with Crippen molar-refractivity contribution in [3.63, 3.8) is 0 Å². The maximum Gasteiger partial charge on any atom is 0.303 e. The van der Waals surface area contributed by atoms with E-state index in [0.717, 1.165) is 6.42 Å². The molecule has 0 aliphatic rings. The Kier molecular flexibility index (Phi) is 6.37. The molecule has 3 heteroatoms. The third-order valence-corrected chi connectivity index (χ3v) is 1.49. The van der Waals surface area contributed by atoms with Crippen LogP contribution in [0.4, 0.5) is 0 Å². The van der Waals surface area contributed by atoms with E-state index in [-0.39, 0.29) is 5.78 Å². The molecule has 0 bridgehead atoms. The van der Waals surface area contributed by atoms with E-state index in [1.165, 1.54) is 13.0 Å². The van der Waals surface area contributed by atoms with Crippen LogP contribution >= 0.6 is 0 Å². The van der Waals surface area contributed by atoms with Crippen molar-refractivity contribution in [2.75, 3.05) is 0 Å². The Hall–Kier alpha value is -1.38. The van der Waals surface area contributed by atoms with Crippen LogP contribution in [0.25, 0.3) is 0 Å². The van der Waals surface area contributed by atoms with Gasteiger partial charge in [-0.3, -0.25) is 9.59 Å². The van der Waals surface area contributed by atoms with E-state index < -0.39 is 12.1 Å². The average Bonchev–Trinajstić information content (AvgIpc) is 2.11. The lowest BCUT2D eigenvalue weighted by molar-refractivity contribution is -0.150. The number of allylic oxidation sites excluding steroid dienone is 3. The van der Waals surface area contributed by atoms with Crippen molar-refractivity contribution in [1.29, 1.82) is 0 Å². The van der Waals surface area contributed by atoms with Gasteiger partial charge in [0.15, 0.2) is 11.9 Å². The molecule has 0 aliphatic carbocycles. The van der Waals surface area contributed by atoms with Crippen molar-refractivity contribution in [2.45, 2.75) is 33.3 Å². The van der Waals surface area contributed by atoms with Gasteiger partial charge in [-0.1, -0.05) is 25.2 Å². The molecule has 0 fully saturated rings. The van der Waals surface area contributed by atoms with E-state index in [9.17, 15) is 9.59 Å². The number of carbonyl (C=O) groups excluding carboxylic acids is 2. The van der Waals surface area contributed by atoms with Gasteiger partial charge < -0.3 is 4.74 Å². The summed E-state index contributed by atoms with van der Waals surface area (Å²) >= 11 is 0. The van der Waals surface area contributed by atoms with E-state index >= 15 is 0 Å². The second-order valence-electron chi connectivity index (χ2n) is 2.85. The third-order valence-electron chi connectivity index (χ3n) is 1.49. The normalized spacial score (nSPS) is 13.4. The maximum atomic E-state index is 11.2. The molecular formula is C11H16O3. The Morgan fingerprint density at radius 1 is 1.36 bits per heavy atom. The molecule has 3 nitrogen and oxygen atoms in total. The number of rotatable bonds is 5. The minimum atomic E-state index is -0.696. The van der Waals surface area contributed by atoms with E-state index in [4.69, 9.17) is 4.74 Å². The fourth-order valence-electron chi connectivity index (χ4n) is 0.808. The van der Waals surface area contributed by atoms with Crippen LogP contribution in [0.5, 0.6) is 0 Å². The first-order valence-electron chi connectivity index (χ1n) is 4.62. The Morgan fingerprint density at radius 3 is 2.50 bits per heavy atom. The second kappa shape index (κ2) is 7.06. The summed E-state index contributed by atoms with van der Waals surface area (Å²) in [4.78, 5) is 21.8. The highest BCUT2D eigenvalue weighted by molar-refractivity contribution is 5.94. The zero-order chi connectivity index (χ0) is 11.0. The molecule has 0 heterocycles. The van der Waals surface area contributed by atoms with Gasteiger partial charge in [-0.2, -0.15) is 0 Å². The fourth-order valence-corrected chi connectivity index (χ4v) is 0.808. The molecule has 0 unspecified atom stereocenters. The monoisotopic (exact) mass is 196 g/mol. The quantitative estimate of drug-likeness (QED) is 0.384. The highest BCUT2D eigenvalue weighted by Gasteiger charge is 2.11. The van der Waals surface area contributed by atoms with Crippen molar-refractivity contribution >= 4 is 11.8 Å². The van der Waals surface area contributed by atoms with Crippen LogP contribution in [-0.4, -0.2) is 17.9 Å². The van der Waals surface area contributed by atoms with Gasteiger partial charge in [-0.25, -0.2) is 0 Å². The average molecular weight is 196 g/mol. The summed E-state index contributed by atoms with van der Waals surface area (Å²) in [6.45, 7) is 4.84. The molecule has 0 saturated carbocycles. The highest BCUT2D eigenvalue weighted by Crippen LogP contribution is 1.95. The van der Waals surface area contributed by atoms with Gasteiger partial charge in [-0.15, -0.1) is 0 Å². The van der Waals surface area contributed by atoms with Gasteiger partial charge in [0.1, 0.15) is 0 Å². The molecule has 0 aliphatic heterocycles. The molecule has 0 amide bonds. The van der Waals surface area contributed by atoms with Crippen molar-refractivity contribution in [3.05, 3.63) is 24.3 Å². The van der Waals surface area contributed by atoms with Crippen molar-refractivity contribution in [3.8, 4) is 0 Å². The summed E-state index contributed by atoms with van der Waals surface area (Å²) in [5.74, 6) is -0.649. The lowest BCUT2D eigenvalue weighted by Crippen LogP contribution is -2.20. The molecule has 78 valence electrons. The van der Waals surface area contributed by atoms with Crippen LogP contribution in [0.3, 0.4) is 0 Å². The maximum absolute atomic E-state index is 11.2. The molecule has 0 rings (SSSR count). The first-order valence-corrected chi connectivity index (χ1v) is 4.62. The van der Waals surface area contributed by atoms with Gasteiger partial charge in [-0.05, 0) is 19.4 Å². The number of ether oxygens (including phenoxy) is 1. The fraction of sp³-hybridized carbons (Fsp3) is 0.455. The summed E-state index contributed by atoms with van der Waals surface area (Å²) < 4.78 is 4.71. The molecule has 0 aromatic heterocycles. The third kappa shape index (κ3) is 6.17. The molecule has 14 heavy (non-hydrogen) atoms. The molecule has 1 atom stereocenters. The van der Waals surface area contributed by atoms with E-state index in [1.54, 1.807) is 19.1 Å². The van der Waals surface area contributed by atoms with Crippen molar-refractivity contribution in [2.24, 2.45) is 0 Å². The molecule has 0 N–H and O–H groups in total.